The quantitative estimate of drug-likeness (QED) is 0.514. The van der Waals surface area contributed by atoms with E-state index in [1.165, 1.54) is 0 Å². The predicted molar refractivity (Wildman–Crippen MR) is 37.1 cm³/mol. The van der Waals surface area contributed by atoms with Gasteiger partial charge in [-0.2, -0.15) is 0 Å². The van der Waals surface area contributed by atoms with Gasteiger partial charge in [0.2, 0.25) is 0 Å². The molecule has 0 aromatic heterocycles. The van der Waals surface area contributed by atoms with E-state index >= 15 is 0 Å². The normalized spacial score (nSPS) is 28.3. The first-order valence-electron chi connectivity index (χ1n) is 3.50. The third-order valence-corrected chi connectivity index (χ3v) is 1.64. The summed E-state index contributed by atoms with van der Waals surface area (Å²) in [6.07, 6.45) is 2.26. The Hall–Kier alpha value is -0.120. The molecule has 0 aromatic rings. The van der Waals surface area contributed by atoms with Crippen LogP contribution in [0.4, 0.5) is 0 Å². The van der Waals surface area contributed by atoms with Gasteiger partial charge in [-0.1, -0.05) is 0 Å². The molecular weight excluding hydrogens is 114 g/mol. The van der Waals surface area contributed by atoms with Crippen LogP contribution in [0.1, 0.15) is 12.8 Å². The number of nitrogens with one attached hydrogen (secondary N) is 1. The van der Waals surface area contributed by atoms with Crippen molar-refractivity contribution in [2.45, 2.75) is 18.9 Å². The molecule has 3 N–H and O–H groups in total. The average Bonchev–Trinajstić information content (AvgIpc) is 1.91. The molecule has 1 unspecified atom stereocenters. The topological polar surface area (TPSA) is 52.2 Å². The highest BCUT2D eigenvalue weighted by atomic mass is 15.1. The third-order valence-electron chi connectivity index (χ3n) is 1.64. The summed E-state index contributed by atoms with van der Waals surface area (Å²) in [4.78, 5) is 0. The van der Waals surface area contributed by atoms with Crippen LogP contribution < -0.4 is 16.4 Å². The molecular formula is C6H14N3. The van der Waals surface area contributed by atoms with E-state index in [9.17, 15) is 0 Å². The summed E-state index contributed by atoms with van der Waals surface area (Å²) in [7, 11) is 0. The maximum absolute atomic E-state index is 5.39. The predicted octanol–water partition coefficient (Wildman–Crippen LogP) is -0.741. The first kappa shape index (κ1) is 6.99. The minimum Gasteiger partial charge on any atom is -0.330 e. The van der Waals surface area contributed by atoms with Crippen molar-refractivity contribution >= 4 is 0 Å². The highest BCUT2D eigenvalue weighted by Gasteiger charge is 2.10. The van der Waals surface area contributed by atoms with Crippen LogP contribution in [0.25, 0.3) is 0 Å². The molecule has 0 bridgehead atoms. The fraction of sp³-hybridized carbons (Fsp3) is 1.00. The van der Waals surface area contributed by atoms with E-state index in [1.54, 1.807) is 0 Å². The number of nitrogens with zero attached hydrogens (tertiary/aromatic N) is 1. The molecule has 1 saturated heterocycles. The van der Waals surface area contributed by atoms with Crippen molar-refractivity contribution in [3.05, 3.63) is 0 Å². The van der Waals surface area contributed by atoms with E-state index in [-0.39, 0.29) is 0 Å². The maximum atomic E-state index is 5.39. The van der Waals surface area contributed by atoms with Gasteiger partial charge in [0.1, 0.15) is 0 Å². The lowest BCUT2D eigenvalue weighted by molar-refractivity contribution is 0.370. The molecule has 1 fully saturated rings. The summed E-state index contributed by atoms with van der Waals surface area (Å²) < 4.78 is 0. The van der Waals surface area contributed by atoms with Crippen molar-refractivity contribution in [3.8, 4) is 0 Å². The number of nitrogens with two attached hydrogens (primary N) is 1. The van der Waals surface area contributed by atoms with Gasteiger partial charge >= 0.3 is 0 Å². The minimum atomic E-state index is 0.632. The maximum Gasteiger partial charge on any atom is 0.0625 e. The Morgan fingerprint density at radius 2 is 2.56 bits per heavy atom. The van der Waals surface area contributed by atoms with Crippen molar-refractivity contribution in [3.63, 3.8) is 0 Å². The molecule has 0 spiro atoms. The molecule has 1 aliphatic rings. The van der Waals surface area contributed by atoms with Gasteiger partial charge in [-0.3, -0.25) is 0 Å². The molecule has 1 atom stereocenters. The van der Waals surface area contributed by atoms with Crippen LogP contribution >= 0.6 is 0 Å². The van der Waals surface area contributed by atoms with E-state index in [2.05, 4.69) is 10.6 Å². The number of hydrogen-bond acceptors (Lipinski definition) is 2. The van der Waals surface area contributed by atoms with Gasteiger partial charge in [-0.15, -0.1) is 0 Å². The van der Waals surface area contributed by atoms with Gasteiger partial charge in [0.25, 0.3) is 0 Å². The summed E-state index contributed by atoms with van der Waals surface area (Å²) in [5.74, 6) is 0. The first-order chi connectivity index (χ1) is 4.43. The number of hydrogen-bond donors (Lipinski definition) is 2. The van der Waals surface area contributed by atoms with Crippen LogP contribution in [0.2, 0.25) is 0 Å². The van der Waals surface area contributed by atoms with Crippen molar-refractivity contribution in [2.75, 3.05) is 19.8 Å². The third kappa shape index (κ3) is 2.30. The smallest absolute Gasteiger partial charge is 0.0625 e. The highest BCUT2D eigenvalue weighted by Crippen LogP contribution is 1.98. The van der Waals surface area contributed by atoms with Crippen LogP contribution in [0.3, 0.4) is 0 Å². The number of rotatable bonds is 2. The molecule has 1 aliphatic heterocycles. The molecule has 1 radical (unpaired) electrons. The molecule has 1 heterocycles. The van der Waals surface area contributed by atoms with E-state index in [0.717, 1.165) is 32.6 Å². The van der Waals surface area contributed by atoms with Crippen LogP contribution in [0, 0.1) is 0 Å². The highest BCUT2D eigenvalue weighted by molar-refractivity contribution is 4.71. The molecule has 1 rings (SSSR count). The monoisotopic (exact) mass is 128 g/mol. The lowest BCUT2D eigenvalue weighted by atomic mass is 10.1. The Labute approximate surface area is 56.0 Å². The van der Waals surface area contributed by atoms with E-state index in [0.29, 0.717) is 6.04 Å². The Bertz CT molecular complexity index is 65.9. The molecule has 0 aromatic carbocycles. The SMILES string of the molecule is NCCC1CC[N]CN1. The Balaban J connectivity index is 2.08. The standard InChI is InChI=1S/C6H14N3/c7-3-1-6-2-4-8-5-9-6/h6,9H,1-5,7H2. The molecule has 0 amide bonds. The Morgan fingerprint density at radius 3 is 3.11 bits per heavy atom. The van der Waals surface area contributed by atoms with Gasteiger partial charge in [-0.25, -0.2) is 5.32 Å². The summed E-state index contributed by atoms with van der Waals surface area (Å²) >= 11 is 0. The van der Waals surface area contributed by atoms with Gasteiger partial charge in [0, 0.05) is 12.6 Å². The summed E-state index contributed by atoms with van der Waals surface area (Å²) in [5.41, 5.74) is 5.39. The van der Waals surface area contributed by atoms with Gasteiger partial charge in [0.05, 0.1) is 6.67 Å². The summed E-state index contributed by atoms with van der Waals surface area (Å²) in [5, 5.41) is 7.43. The van der Waals surface area contributed by atoms with Crippen molar-refractivity contribution in [1.82, 2.24) is 10.6 Å². The molecule has 0 saturated carbocycles. The molecule has 0 aliphatic carbocycles. The zero-order valence-corrected chi connectivity index (χ0v) is 5.64. The second kappa shape index (κ2) is 3.82. The summed E-state index contributed by atoms with van der Waals surface area (Å²) in [6, 6.07) is 0.632. The lowest BCUT2D eigenvalue weighted by Gasteiger charge is -2.22. The van der Waals surface area contributed by atoms with Crippen LogP contribution in [0.5, 0.6) is 0 Å². The zero-order chi connectivity index (χ0) is 6.53. The van der Waals surface area contributed by atoms with Gasteiger partial charge < -0.3 is 11.1 Å². The Kier molecular flexibility index (Phi) is 2.97. The molecule has 3 heteroatoms. The van der Waals surface area contributed by atoms with E-state index in [4.69, 9.17) is 5.73 Å². The largest absolute Gasteiger partial charge is 0.330 e. The lowest BCUT2D eigenvalue weighted by Crippen LogP contribution is -2.42. The molecule has 53 valence electrons. The zero-order valence-electron chi connectivity index (χ0n) is 5.64. The first-order valence-corrected chi connectivity index (χ1v) is 3.50. The van der Waals surface area contributed by atoms with Crippen LogP contribution in [0.15, 0.2) is 0 Å². The van der Waals surface area contributed by atoms with E-state index in [1.807, 2.05) is 0 Å². The van der Waals surface area contributed by atoms with Crippen molar-refractivity contribution in [1.29, 1.82) is 0 Å². The average molecular weight is 128 g/mol. The van der Waals surface area contributed by atoms with Crippen molar-refractivity contribution < 1.29 is 0 Å². The van der Waals surface area contributed by atoms with Gasteiger partial charge in [0.15, 0.2) is 0 Å². The van der Waals surface area contributed by atoms with E-state index < -0.39 is 0 Å². The molecule has 9 heavy (non-hydrogen) atoms. The van der Waals surface area contributed by atoms with Crippen LogP contribution in [-0.2, 0) is 0 Å². The van der Waals surface area contributed by atoms with Crippen molar-refractivity contribution in [2.24, 2.45) is 5.73 Å². The Morgan fingerprint density at radius 1 is 1.67 bits per heavy atom. The second-order valence-electron chi connectivity index (χ2n) is 2.37. The second-order valence-corrected chi connectivity index (χ2v) is 2.37. The fourth-order valence-corrected chi connectivity index (χ4v) is 1.07. The molecule has 3 nitrogen and oxygen atoms in total. The fourth-order valence-electron chi connectivity index (χ4n) is 1.07. The van der Waals surface area contributed by atoms with Crippen LogP contribution in [-0.4, -0.2) is 25.8 Å². The summed E-state index contributed by atoms with van der Waals surface area (Å²) in [6.45, 7) is 2.62. The minimum absolute atomic E-state index is 0.632. The van der Waals surface area contributed by atoms with Gasteiger partial charge in [-0.05, 0) is 19.4 Å².